The minimum atomic E-state index is -3.66. The molecule has 2 N–H and O–H groups in total. The van der Waals surface area contributed by atoms with Crippen molar-refractivity contribution in [2.24, 2.45) is 0 Å². The van der Waals surface area contributed by atoms with Gasteiger partial charge in [0.2, 0.25) is 11.8 Å². The Morgan fingerprint density at radius 3 is 2.77 bits per heavy atom. The van der Waals surface area contributed by atoms with E-state index in [0.717, 1.165) is 0 Å². The fraction of sp³-hybridized carbons (Fsp3) is 0.231. The first kappa shape index (κ1) is 14.1. The molecule has 2 aromatic rings. The zero-order chi connectivity index (χ0) is 15.7. The number of halogens is 2. The molecule has 22 heavy (non-hydrogen) atoms. The number of carbonyl (C=O) groups is 1. The summed E-state index contributed by atoms with van der Waals surface area (Å²) in [5, 5.41) is 8.90. The van der Waals surface area contributed by atoms with Gasteiger partial charge in [-0.3, -0.25) is 10.1 Å². The molecule has 0 saturated heterocycles. The van der Waals surface area contributed by atoms with E-state index in [9.17, 15) is 13.6 Å². The van der Waals surface area contributed by atoms with Gasteiger partial charge in [0, 0.05) is 17.8 Å². The van der Waals surface area contributed by atoms with Crippen LogP contribution in [0, 0.1) is 6.92 Å². The largest absolute Gasteiger partial charge is 0.586 e. The summed E-state index contributed by atoms with van der Waals surface area (Å²) < 4.78 is 39.2. The molecule has 0 bridgehead atoms. The number of rotatable bonds is 4. The SMILES string of the molecule is Cc1cc(NC(=O)CNc2ccc3c(c2)OC(F)(F)O3)on1. The van der Waals surface area contributed by atoms with E-state index in [1.807, 2.05) is 0 Å². The van der Waals surface area contributed by atoms with Crippen molar-refractivity contribution < 1.29 is 27.6 Å². The van der Waals surface area contributed by atoms with Crippen molar-refractivity contribution in [3.63, 3.8) is 0 Å². The predicted octanol–water partition coefficient (Wildman–Crippen LogP) is 2.36. The van der Waals surface area contributed by atoms with Gasteiger partial charge in [-0.1, -0.05) is 5.16 Å². The van der Waals surface area contributed by atoms with Crippen LogP contribution in [0.25, 0.3) is 0 Å². The average molecular weight is 311 g/mol. The number of ether oxygens (including phenoxy) is 2. The van der Waals surface area contributed by atoms with Crippen molar-refractivity contribution in [2.75, 3.05) is 17.2 Å². The predicted molar refractivity (Wildman–Crippen MR) is 71.0 cm³/mol. The number of nitrogens with one attached hydrogen (secondary N) is 2. The number of alkyl halides is 2. The van der Waals surface area contributed by atoms with Crippen LogP contribution in [0.15, 0.2) is 28.8 Å². The monoisotopic (exact) mass is 311 g/mol. The van der Waals surface area contributed by atoms with E-state index in [0.29, 0.717) is 11.4 Å². The van der Waals surface area contributed by atoms with E-state index in [4.69, 9.17) is 4.52 Å². The molecule has 0 radical (unpaired) electrons. The Morgan fingerprint density at radius 1 is 1.27 bits per heavy atom. The minimum absolute atomic E-state index is 0.0582. The first-order valence-corrected chi connectivity index (χ1v) is 6.28. The molecule has 1 aliphatic heterocycles. The first-order chi connectivity index (χ1) is 10.4. The zero-order valence-electron chi connectivity index (χ0n) is 11.4. The molecule has 1 aliphatic rings. The lowest BCUT2D eigenvalue weighted by molar-refractivity contribution is -0.286. The maximum Gasteiger partial charge on any atom is 0.586 e. The number of anilines is 2. The lowest BCUT2D eigenvalue weighted by atomic mass is 10.3. The Labute approximate surface area is 123 Å². The number of aryl methyl sites for hydroxylation is 1. The van der Waals surface area contributed by atoms with E-state index >= 15 is 0 Å². The normalized spacial score (nSPS) is 14.7. The molecular weight excluding hydrogens is 300 g/mol. The Bertz CT molecular complexity index is 717. The second kappa shape index (κ2) is 5.17. The second-order valence-corrected chi connectivity index (χ2v) is 4.56. The van der Waals surface area contributed by atoms with Gasteiger partial charge in [-0.15, -0.1) is 8.78 Å². The third kappa shape index (κ3) is 3.08. The Hall–Kier alpha value is -2.84. The van der Waals surface area contributed by atoms with Crippen LogP contribution >= 0.6 is 0 Å². The highest BCUT2D eigenvalue weighted by Crippen LogP contribution is 2.42. The number of benzene rings is 1. The lowest BCUT2D eigenvalue weighted by Crippen LogP contribution is -2.25. The van der Waals surface area contributed by atoms with Crippen LogP contribution in [0.3, 0.4) is 0 Å². The standard InChI is InChI=1S/C13H11F2N3O4/c1-7-4-12(22-18-7)17-11(19)6-16-8-2-3-9-10(5-8)21-13(14,15)20-9/h2-5,16H,6H2,1H3,(H,17,19). The highest BCUT2D eigenvalue weighted by Gasteiger charge is 2.43. The summed E-state index contributed by atoms with van der Waals surface area (Å²) >= 11 is 0. The number of amides is 1. The van der Waals surface area contributed by atoms with E-state index in [2.05, 4.69) is 25.3 Å². The van der Waals surface area contributed by atoms with Crippen LogP contribution in [0.5, 0.6) is 11.5 Å². The molecule has 3 rings (SSSR count). The molecule has 0 fully saturated rings. The summed E-state index contributed by atoms with van der Waals surface area (Å²) in [6.07, 6.45) is -3.66. The topological polar surface area (TPSA) is 85.6 Å². The highest BCUT2D eigenvalue weighted by molar-refractivity contribution is 5.92. The summed E-state index contributed by atoms with van der Waals surface area (Å²) in [6.45, 7) is 1.63. The lowest BCUT2D eigenvalue weighted by Gasteiger charge is -2.06. The van der Waals surface area contributed by atoms with Crippen molar-refractivity contribution in [2.45, 2.75) is 13.2 Å². The average Bonchev–Trinajstić information content (AvgIpc) is 2.97. The molecule has 1 aromatic heterocycles. The number of aromatic nitrogens is 1. The third-order valence-electron chi connectivity index (χ3n) is 2.74. The minimum Gasteiger partial charge on any atom is -0.395 e. The highest BCUT2D eigenvalue weighted by atomic mass is 19.3. The van der Waals surface area contributed by atoms with Crippen LogP contribution in [-0.4, -0.2) is 23.9 Å². The molecule has 0 atom stereocenters. The fourth-order valence-corrected chi connectivity index (χ4v) is 1.85. The smallest absolute Gasteiger partial charge is 0.395 e. The number of fused-ring (bicyclic) bond motifs is 1. The van der Waals surface area contributed by atoms with Gasteiger partial charge in [0.25, 0.3) is 0 Å². The van der Waals surface area contributed by atoms with Gasteiger partial charge < -0.3 is 19.3 Å². The Balaban J connectivity index is 1.57. The Morgan fingerprint density at radius 2 is 2.05 bits per heavy atom. The number of hydrogen-bond donors (Lipinski definition) is 2. The summed E-state index contributed by atoms with van der Waals surface area (Å²) in [5.41, 5.74) is 1.07. The molecule has 0 spiro atoms. The van der Waals surface area contributed by atoms with Crippen molar-refractivity contribution >= 4 is 17.5 Å². The van der Waals surface area contributed by atoms with Gasteiger partial charge in [-0.25, -0.2) is 0 Å². The van der Waals surface area contributed by atoms with Gasteiger partial charge in [-0.05, 0) is 19.1 Å². The molecule has 0 aliphatic carbocycles. The second-order valence-electron chi connectivity index (χ2n) is 4.56. The molecule has 7 nitrogen and oxygen atoms in total. The van der Waals surface area contributed by atoms with Crippen LogP contribution in [0.2, 0.25) is 0 Å². The van der Waals surface area contributed by atoms with Gasteiger partial charge >= 0.3 is 6.29 Å². The number of carbonyl (C=O) groups excluding carboxylic acids is 1. The van der Waals surface area contributed by atoms with E-state index in [-0.39, 0.29) is 29.8 Å². The fourth-order valence-electron chi connectivity index (χ4n) is 1.85. The van der Waals surface area contributed by atoms with Gasteiger partial charge in [0.05, 0.1) is 12.2 Å². The van der Waals surface area contributed by atoms with Crippen molar-refractivity contribution in [1.29, 1.82) is 0 Å². The van der Waals surface area contributed by atoms with Gasteiger partial charge in [0.1, 0.15) is 0 Å². The molecule has 0 saturated carbocycles. The number of nitrogens with zero attached hydrogens (tertiary/aromatic N) is 1. The van der Waals surface area contributed by atoms with Crippen LogP contribution in [0.4, 0.5) is 20.4 Å². The summed E-state index contributed by atoms with van der Waals surface area (Å²) in [4.78, 5) is 11.7. The molecule has 1 aromatic carbocycles. The summed E-state index contributed by atoms with van der Waals surface area (Å²) in [7, 11) is 0. The Kier molecular flexibility index (Phi) is 3.32. The first-order valence-electron chi connectivity index (χ1n) is 6.28. The van der Waals surface area contributed by atoms with Crippen molar-refractivity contribution in [3.8, 4) is 11.5 Å². The van der Waals surface area contributed by atoms with E-state index < -0.39 is 6.29 Å². The zero-order valence-corrected chi connectivity index (χ0v) is 11.4. The molecule has 1 amide bonds. The van der Waals surface area contributed by atoms with E-state index in [1.165, 1.54) is 18.2 Å². The maximum absolute atomic E-state index is 12.9. The van der Waals surface area contributed by atoms with Crippen molar-refractivity contribution in [1.82, 2.24) is 5.16 Å². The van der Waals surface area contributed by atoms with Crippen LogP contribution in [0.1, 0.15) is 5.69 Å². The van der Waals surface area contributed by atoms with Gasteiger partial charge in [-0.2, -0.15) is 0 Å². The van der Waals surface area contributed by atoms with Crippen LogP contribution < -0.4 is 20.1 Å². The maximum atomic E-state index is 12.9. The quantitative estimate of drug-likeness (QED) is 0.901. The molecule has 116 valence electrons. The van der Waals surface area contributed by atoms with Crippen molar-refractivity contribution in [3.05, 3.63) is 30.0 Å². The molecule has 2 heterocycles. The summed E-state index contributed by atoms with van der Waals surface area (Å²) in [5.74, 6) is -0.299. The summed E-state index contributed by atoms with van der Waals surface area (Å²) in [6, 6.07) is 5.72. The molecule has 0 unspecified atom stereocenters. The van der Waals surface area contributed by atoms with Crippen LogP contribution in [-0.2, 0) is 4.79 Å². The molecule has 9 heteroatoms. The molecular formula is C13H11F2N3O4. The van der Waals surface area contributed by atoms with Gasteiger partial charge in [0.15, 0.2) is 11.5 Å². The van der Waals surface area contributed by atoms with E-state index in [1.54, 1.807) is 13.0 Å². The number of hydrogen-bond acceptors (Lipinski definition) is 6. The third-order valence-corrected chi connectivity index (χ3v) is 2.74.